The van der Waals surface area contributed by atoms with Gasteiger partial charge in [0.15, 0.2) is 0 Å². The Hall–Kier alpha value is -2.49. The van der Waals surface area contributed by atoms with Gasteiger partial charge in [0.1, 0.15) is 6.61 Å². The van der Waals surface area contributed by atoms with Gasteiger partial charge in [-0.05, 0) is 35.2 Å². The van der Waals surface area contributed by atoms with Crippen molar-refractivity contribution in [1.82, 2.24) is 4.90 Å². The monoisotopic (exact) mass is 282 g/mol. The van der Waals surface area contributed by atoms with Gasteiger partial charge in [-0.25, -0.2) is 4.79 Å². The number of carbonyl (C=O) groups is 1. The molecule has 2 N–H and O–H groups in total. The molecule has 108 valence electrons. The van der Waals surface area contributed by atoms with Crippen LogP contribution in [0, 0.1) is 0 Å². The minimum absolute atomic E-state index is 0.263. The Bertz CT molecular complexity index is 640. The van der Waals surface area contributed by atoms with Crippen molar-refractivity contribution < 1.29 is 9.53 Å². The number of amides is 1. The molecule has 2 aromatic carbocycles. The highest BCUT2D eigenvalue weighted by molar-refractivity contribution is 5.68. The zero-order chi connectivity index (χ0) is 14.7. The molecule has 0 saturated carbocycles. The van der Waals surface area contributed by atoms with Crippen LogP contribution < -0.4 is 5.73 Å². The van der Waals surface area contributed by atoms with Gasteiger partial charge in [-0.15, -0.1) is 0 Å². The average Bonchev–Trinajstić information content (AvgIpc) is 2.53. The molecule has 0 unspecified atom stereocenters. The molecule has 0 atom stereocenters. The highest BCUT2D eigenvalue weighted by atomic mass is 16.6. The van der Waals surface area contributed by atoms with E-state index in [2.05, 4.69) is 0 Å². The molecule has 1 aliphatic heterocycles. The zero-order valence-corrected chi connectivity index (χ0v) is 11.8. The highest BCUT2D eigenvalue weighted by Gasteiger charge is 2.21. The molecule has 1 aliphatic rings. The molecule has 0 radical (unpaired) electrons. The summed E-state index contributed by atoms with van der Waals surface area (Å²) < 4.78 is 5.37. The van der Waals surface area contributed by atoms with Gasteiger partial charge in [-0.2, -0.15) is 0 Å². The van der Waals surface area contributed by atoms with E-state index in [0.29, 0.717) is 19.7 Å². The standard InChI is InChI=1S/C17H18N2O2/c18-16-7-6-15-11-19(9-8-14(15)10-16)17(20)21-12-13-4-2-1-3-5-13/h1-7,10H,8-9,11-12,18H2. The Morgan fingerprint density at radius 3 is 2.76 bits per heavy atom. The number of nitrogens with two attached hydrogens (primary N) is 1. The molecule has 1 amide bonds. The van der Waals surface area contributed by atoms with Crippen LogP contribution in [-0.2, 0) is 24.3 Å². The van der Waals surface area contributed by atoms with Crippen molar-refractivity contribution in [2.24, 2.45) is 0 Å². The van der Waals surface area contributed by atoms with Crippen molar-refractivity contribution >= 4 is 11.8 Å². The zero-order valence-electron chi connectivity index (χ0n) is 11.8. The predicted molar refractivity (Wildman–Crippen MR) is 81.6 cm³/mol. The van der Waals surface area contributed by atoms with Crippen LogP contribution in [0.2, 0.25) is 0 Å². The summed E-state index contributed by atoms with van der Waals surface area (Å²) in [5, 5.41) is 0. The van der Waals surface area contributed by atoms with E-state index in [1.165, 1.54) is 5.56 Å². The molecule has 0 aromatic heterocycles. The summed E-state index contributed by atoms with van der Waals surface area (Å²) in [5.41, 5.74) is 9.92. The molecule has 0 saturated heterocycles. The first kappa shape index (κ1) is 13.5. The quantitative estimate of drug-likeness (QED) is 0.862. The Morgan fingerprint density at radius 1 is 1.14 bits per heavy atom. The summed E-state index contributed by atoms with van der Waals surface area (Å²) in [4.78, 5) is 13.9. The third-order valence-electron chi connectivity index (χ3n) is 3.71. The molecule has 3 rings (SSSR count). The largest absolute Gasteiger partial charge is 0.445 e. The van der Waals surface area contributed by atoms with Crippen LogP contribution >= 0.6 is 0 Å². The molecular formula is C17H18N2O2. The van der Waals surface area contributed by atoms with Gasteiger partial charge in [-0.3, -0.25) is 0 Å². The van der Waals surface area contributed by atoms with Crippen molar-refractivity contribution in [3.63, 3.8) is 0 Å². The van der Waals surface area contributed by atoms with Crippen molar-refractivity contribution in [2.75, 3.05) is 12.3 Å². The van der Waals surface area contributed by atoms with E-state index in [0.717, 1.165) is 23.2 Å². The minimum atomic E-state index is -0.263. The Balaban J connectivity index is 1.60. The molecule has 0 fully saturated rings. The van der Waals surface area contributed by atoms with Crippen LogP contribution in [0.4, 0.5) is 10.5 Å². The van der Waals surface area contributed by atoms with Gasteiger partial charge in [-0.1, -0.05) is 36.4 Å². The van der Waals surface area contributed by atoms with Crippen LogP contribution in [0.15, 0.2) is 48.5 Å². The third-order valence-corrected chi connectivity index (χ3v) is 3.71. The van der Waals surface area contributed by atoms with E-state index in [9.17, 15) is 4.79 Å². The van der Waals surface area contributed by atoms with Gasteiger partial charge < -0.3 is 15.4 Å². The maximum atomic E-state index is 12.1. The second-order valence-corrected chi connectivity index (χ2v) is 5.24. The molecular weight excluding hydrogens is 264 g/mol. The summed E-state index contributed by atoms with van der Waals surface area (Å²) in [7, 11) is 0. The fraction of sp³-hybridized carbons (Fsp3) is 0.235. The lowest BCUT2D eigenvalue weighted by molar-refractivity contribution is 0.0919. The number of carbonyl (C=O) groups excluding carboxylic acids is 1. The van der Waals surface area contributed by atoms with E-state index >= 15 is 0 Å². The number of hydrogen-bond donors (Lipinski definition) is 1. The van der Waals surface area contributed by atoms with Gasteiger partial charge in [0.25, 0.3) is 0 Å². The van der Waals surface area contributed by atoms with Gasteiger partial charge in [0, 0.05) is 18.8 Å². The number of fused-ring (bicyclic) bond motifs is 1. The Morgan fingerprint density at radius 2 is 1.95 bits per heavy atom. The molecule has 4 nitrogen and oxygen atoms in total. The van der Waals surface area contributed by atoms with Crippen LogP contribution in [0.3, 0.4) is 0 Å². The molecule has 1 heterocycles. The molecule has 0 spiro atoms. The van der Waals surface area contributed by atoms with Crippen LogP contribution in [-0.4, -0.2) is 17.5 Å². The average molecular weight is 282 g/mol. The molecule has 0 aliphatic carbocycles. The van der Waals surface area contributed by atoms with Crippen LogP contribution in [0.5, 0.6) is 0 Å². The maximum Gasteiger partial charge on any atom is 0.410 e. The lowest BCUT2D eigenvalue weighted by Crippen LogP contribution is -2.36. The van der Waals surface area contributed by atoms with E-state index < -0.39 is 0 Å². The summed E-state index contributed by atoms with van der Waals surface area (Å²) >= 11 is 0. The van der Waals surface area contributed by atoms with Crippen LogP contribution in [0.1, 0.15) is 16.7 Å². The van der Waals surface area contributed by atoms with Gasteiger partial charge in [0.05, 0.1) is 0 Å². The van der Waals surface area contributed by atoms with E-state index in [4.69, 9.17) is 10.5 Å². The van der Waals surface area contributed by atoms with E-state index in [1.807, 2.05) is 48.5 Å². The number of nitrogens with zero attached hydrogens (tertiary/aromatic N) is 1. The summed E-state index contributed by atoms with van der Waals surface area (Å²) in [5.74, 6) is 0. The first-order valence-corrected chi connectivity index (χ1v) is 7.05. The third kappa shape index (κ3) is 3.16. The smallest absolute Gasteiger partial charge is 0.410 e. The second-order valence-electron chi connectivity index (χ2n) is 5.24. The Kier molecular flexibility index (Phi) is 3.77. The predicted octanol–water partition coefficient (Wildman–Crippen LogP) is 2.96. The number of ether oxygens (including phenoxy) is 1. The van der Waals surface area contributed by atoms with Gasteiger partial charge in [0.2, 0.25) is 0 Å². The molecule has 21 heavy (non-hydrogen) atoms. The summed E-state index contributed by atoms with van der Waals surface area (Å²) in [6, 6.07) is 15.6. The lowest BCUT2D eigenvalue weighted by Gasteiger charge is -2.28. The lowest BCUT2D eigenvalue weighted by atomic mass is 9.99. The highest BCUT2D eigenvalue weighted by Crippen LogP contribution is 2.21. The van der Waals surface area contributed by atoms with Crippen LogP contribution in [0.25, 0.3) is 0 Å². The first-order chi connectivity index (χ1) is 10.2. The molecule has 2 aromatic rings. The van der Waals surface area contributed by atoms with Crippen molar-refractivity contribution in [3.8, 4) is 0 Å². The van der Waals surface area contributed by atoms with Crippen molar-refractivity contribution in [1.29, 1.82) is 0 Å². The molecule has 4 heteroatoms. The fourth-order valence-corrected chi connectivity index (χ4v) is 2.54. The number of hydrogen-bond acceptors (Lipinski definition) is 3. The van der Waals surface area contributed by atoms with Crippen molar-refractivity contribution in [3.05, 3.63) is 65.2 Å². The van der Waals surface area contributed by atoms with Gasteiger partial charge >= 0.3 is 6.09 Å². The normalized spacial score (nSPS) is 13.6. The topological polar surface area (TPSA) is 55.6 Å². The first-order valence-electron chi connectivity index (χ1n) is 7.05. The Labute approximate surface area is 124 Å². The SMILES string of the molecule is Nc1ccc2c(c1)CCN(C(=O)OCc1ccccc1)C2. The fourth-order valence-electron chi connectivity index (χ4n) is 2.54. The number of benzene rings is 2. The maximum absolute atomic E-state index is 12.1. The van der Waals surface area contributed by atoms with Crippen molar-refractivity contribution in [2.45, 2.75) is 19.6 Å². The van der Waals surface area contributed by atoms with E-state index in [-0.39, 0.29) is 6.09 Å². The molecule has 0 bridgehead atoms. The summed E-state index contributed by atoms with van der Waals surface area (Å²) in [6.07, 6.45) is 0.558. The number of rotatable bonds is 2. The second kappa shape index (κ2) is 5.87. The summed E-state index contributed by atoms with van der Waals surface area (Å²) in [6.45, 7) is 1.57. The number of anilines is 1. The van der Waals surface area contributed by atoms with E-state index in [1.54, 1.807) is 4.90 Å². The number of nitrogen functional groups attached to an aromatic ring is 1. The minimum Gasteiger partial charge on any atom is -0.445 e.